The van der Waals surface area contributed by atoms with Gasteiger partial charge in [0.05, 0.1) is 16.8 Å². The Bertz CT molecular complexity index is 1230. The first-order valence-electron chi connectivity index (χ1n) is 11.6. The average molecular weight is 471 g/mol. The van der Waals surface area contributed by atoms with Gasteiger partial charge in [0.1, 0.15) is 29.4 Å². The van der Waals surface area contributed by atoms with Gasteiger partial charge in [0, 0.05) is 37.7 Å². The normalized spacial score (nSPS) is 19.1. The fourth-order valence-corrected chi connectivity index (χ4v) is 4.43. The summed E-state index contributed by atoms with van der Waals surface area (Å²) in [5, 5.41) is 5.53. The van der Waals surface area contributed by atoms with Crippen molar-refractivity contribution in [2.24, 2.45) is 0 Å². The third-order valence-electron chi connectivity index (χ3n) is 6.08. The van der Waals surface area contributed by atoms with Crippen molar-refractivity contribution < 1.29 is 18.3 Å². The Morgan fingerprint density at radius 2 is 1.79 bits per heavy atom. The van der Waals surface area contributed by atoms with Crippen LogP contribution in [0.3, 0.4) is 0 Å². The summed E-state index contributed by atoms with van der Waals surface area (Å²) in [5.74, 6) is -0.348. The van der Waals surface area contributed by atoms with E-state index in [2.05, 4.69) is 14.9 Å². The highest BCUT2D eigenvalue weighted by Gasteiger charge is 2.35. The monoisotopic (exact) mass is 470 g/mol. The summed E-state index contributed by atoms with van der Waals surface area (Å²) in [5.41, 5.74) is 1.08. The molecule has 10 heteroatoms. The molecule has 1 aliphatic carbocycles. The number of nitrogens with zero attached hydrogens (tertiary/aromatic N) is 6. The Labute approximate surface area is 196 Å². The summed E-state index contributed by atoms with van der Waals surface area (Å²) in [6.07, 6.45) is 3.13. The molecule has 5 rings (SSSR count). The van der Waals surface area contributed by atoms with E-state index >= 15 is 0 Å². The fraction of sp³-hybridized carbons (Fsp3) is 0.500. The lowest BCUT2D eigenvalue weighted by Crippen LogP contribution is -2.55. The highest BCUT2D eigenvalue weighted by Crippen LogP contribution is 2.44. The molecular formula is C24H28F2N6O2. The maximum absolute atomic E-state index is 13.9. The van der Waals surface area contributed by atoms with Gasteiger partial charge in [-0.2, -0.15) is 5.10 Å². The number of halogens is 2. The third kappa shape index (κ3) is 4.28. The van der Waals surface area contributed by atoms with Crippen LogP contribution in [0.1, 0.15) is 52.1 Å². The molecule has 8 nitrogen and oxygen atoms in total. The van der Waals surface area contributed by atoms with Crippen LogP contribution in [0.5, 0.6) is 0 Å². The fourth-order valence-electron chi connectivity index (χ4n) is 4.43. The number of carbonyl (C=O) groups excluding carboxylic acids is 1. The van der Waals surface area contributed by atoms with Crippen molar-refractivity contribution in [3.8, 4) is 5.69 Å². The molecule has 1 saturated heterocycles. The van der Waals surface area contributed by atoms with Crippen LogP contribution in [-0.4, -0.2) is 62.0 Å². The molecule has 3 heterocycles. The van der Waals surface area contributed by atoms with Crippen LogP contribution in [0.2, 0.25) is 0 Å². The zero-order valence-corrected chi connectivity index (χ0v) is 19.8. The maximum Gasteiger partial charge on any atom is 0.410 e. The van der Waals surface area contributed by atoms with E-state index in [1.807, 2.05) is 27.7 Å². The van der Waals surface area contributed by atoms with Crippen LogP contribution in [0.4, 0.5) is 19.4 Å². The van der Waals surface area contributed by atoms with Crippen LogP contribution in [0.25, 0.3) is 16.7 Å². The molecule has 2 fully saturated rings. The van der Waals surface area contributed by atoms with Crippen molar-refractivity contribution in [3.63, 3.8) is 0 Å². The van der Waals surface area contributed by atoms with Crippen LogP contribution >= 0.6 is 0 Å². The average Bonchev–Trinajstić information content (AvgIpc) is 3.51. The van der Waals surface area contributed by atoms with E-state index in [1.165, 1.54) is 23.1 Å². The summed E-state index contributed by atoms with van der Waals surface area (Å²) in [7, 11) is 0. The molecule has 1 aromatic carbocycles. The molecule has 1 aliphatic heterocycles. The third-order valence-corrected chi connectivity index (χ3v) is 6.08. The van der Waals surface area contributed by atoms with Crippen LogP contribution in [0.15, 0.2) is 24.5 Å². The van der Waals surface area contributed by atoms with Crippen molar-refractivity contribution >= 4 is 22.9 Å². The highest BCUT2D eigenvalue weighted by molar-refractivity contribution is 5.91. The number of benzene rings is 1. The molecule has 0 spiro atoms. The lowest BCUT2D eigenvalue weighted by molar-refractivity contribution is 0.0158. The number of ether oxygens (including phenoxy) is 1. The second-order valence-corrected chi connectivity index (χ2v) is 10.1. The number of anilines is 1. The number of hydrogen-bond donors (Lipinski definition) is 0. The first-order valence-corrected chi connectivity index (χ1v) is 11.6. The van der Waals surface area contributed by atoms with Gasteiger partial charge in [0.25, 0.3) is 0 Å². The quantitative estimate of drug-likeness (QED) is 0.564. The molecule has 1 amide bonds. The molecule has 34 heavy (non-hydrogen) atoms. The second kappa shape index (κ2) is 8.18. The zero-order chi connectivity index (χ0) is 24.2. The Morgan fingerprint density at radius 3 is 2.41 bits per heavy atom. The van der Waals surface area contributed by atoms with E-state index in [1.54, 1.807) is 4.90 Å². The van der Waals surface area contributed by atoms with Crippen molar-refractivity contribution in [2.45, 2.75) is 58.1 Å². The molecule has 180 valence electrons. The van der Waals surface area contributed by atoms with Gasteiger partial charge in [-0.15, -0.1) is 0 Å². The van der Waals surface area contributed by atoms with E-state index in [4.69, 9.17) is 9.84 Å². The highest BCUT2D eigenvalue weighted by atomic mass is 19.1. The topological polar surface area (TPSA) is 76.4 Å². The first kappa shape index (κ1) is 22.5. The maximum atomic E-state index is 13.9. The standard InChI is InChI=1S/C24H28F2N6O2/c1-14-12-30(7-8-31(14)23(33)34-24(2,3)4)21-19-20(15-5-6-15)29-32(22(19)28-13-27-21)18-10-16(25)9-17(26)11-18/h9-11,13-15H,5-8,12H2,1-4H3. The number of carbonyl (C=O) groups is 1. The lowest BCUT2D eigenvalue weighted by atomic mass is 10.1. The van der Waals surface area contributed by atoms with Gasteiger partial charge in [-0.1, -0.05) is 0 Å². The number of rotatable bonds is 3. The molecule has 0 radical (unpaired) electrons. The Hall–Kier alpha value is -3.30. The van der Waals surface area contributed by atoms with Gasteiger partial charge >= 0.3 is 6.09 Å². The number of fused-ring (bicyclic) bond motifs is 1. The predicted molar refractivity (Wildman–Crippen MR) is 123 cm³/mol. The summed E-state index contributed by atoms with van der Waals surface area (Å²) in [6.45, 7) is 9.16. The van der Waals surface area contributed by atoms with E-state index < -0.39 is 17.2 Å². The van der Waals surface area contributed by atoms with Crippen molar-refractivity contribution in [1.29, 1.82) is 0 Å². The number of aromatic nitrogens is 4. The number of piperazine rings is 1. The van der Waals surface area contributed by atoms with E-state index in [9.17, 15) is 13.6 Å². The first-order chi connectivity index (χ1) is 16.1. The molecule has 1 atom stereocenters. The molecule has 2 aliphatic rings. The van der Waals surface area contributed by atoms with E-state index in [0.717, 1.165) is 35.8 Å². The van der Waals surface area contributed by atoms with Gasteiger partial charge in [-0.3, -0.25) is 0 Å². The number of amides is 1. The van der Waals surface area contributed by atoms with Crippen LogP contribution in [-0.2, 0) is 4.74 Å². The second-order valence-electron chi connectivity index (χ2n) is 10.1. The summed E-state index contributed by atoms with van der Waals surface area (Å²) < 4.78 is 34.9. The van der Waals surface area contributed by atoms with Crippen molar-refractivity contribution in [1.82, 2.24) is 24.6 Å². The molecular weight excluding hydrogens is 442 g/mol. The summed E-state index contributed by atoms with van der Waals surface area (Å²) in [6, 6.07) is 3.24. The molecule has 1 unspecified atom stereocenters. The summed E-state index contributed by atoms with van der Waals surface area (Å²) in [4.78, 5) is 25.5. The Balaban J connectivity index is 1.50. The SMILES string of the molecule is CC1CN(c2ncnc3c2c(C2CC2)nn3-c2cc(F)cc(F)c2)CCN1C(=O)OC(C)(C)C. The molecule has 3 aromatic rings. The van der Waals surface area contributed by atoms with E-state index in [0.29, 0.717) is 25.3 Å². The smallest absolute Gasteiger partial charge is 0.410 e. The molecule has 0 bridgehead atoms. The Morgan fingerprint density at radius 1 is 1.09 bits per heavy atom. The van der Waals surface area contributed by atoms with Gasteiger partial charge < -0.3 is 14.5 Å². The molecule has 0 N–H and O–H groups in total. The molecule has 1 saturated carbocycles. The predicted octanol–water partition coefficient (Wildman–Crippen LogP) is 4.42. The lowest BCUT2D eigenvalue weighted by Gasteiger charge is -2.40. The largest absolute Gasteiger partial charge is 0.444 e. The zero-order valence-electron chi connectivity index (χ0n) is 19.8. The molecule has 2 aromatic heterocycles. The minimum atomic E-state index is -0.673. The van der Waals surface area contributed by atoms with E-state index in [-0.39, 0.29) is 23.7 Å². The van der Waals surface area contributed by atoms with Crippen molar-refractivity contribution in [2.75, 3.05) is 24.5 Å². The van der Waals surface area contributed by atoms with Crippen LogP contribution in [0, 0.1) is 11.6 Å². The summed E-state index contributed by atoms with van der Waals surface area (Å²) >= 11 is 0. The van der Waals surface area contributed by atoms with Crippen molar-refractivity contribution in [3.05, 3.63) is 41.9 Å². The minimum Gasteiger partial charge on any atom is -0.444 e. The van der Waals surface area contributed by atoms with Crippen LogP contribution < -0.4 is 4.90 Å². The minimum absolute atomic E-state index is 0.0923. The van der Waals surface area contributed by atoms with Gasteiger partial charge in [0.15, 0.2) is 5.65 Å². The number of hydrogen-bond acceptors (Lipinski definition) is 6. The van der Waals surface area contributed by atoms with Gasteiger partial charge in [-0.05, 0) is 52.7 Å². The van der Waals surface area contributed by atoms with Gasteiger partial charge in [0.2, 0.25) is 0 Å². The Kier molecular flexibility index (Phi) is 5.41. The van der Waals surface area contributed by atoms with Gasteiger partial charge in [-0.25, -0.2) is 28.2 Å².